The van der Waals surface area contributed by atoms with Gasteiger partial charge < -0.3 is 15.2 Å². The summed E-state index contributed by atoms with van der Waals surface area (Å²) in [6.07, 6.45) is 2.30. The molecule has 0 unspecified atom stereocenters. The molecule has 0 radical (unpaired) electrons. The van der Waals surface area contributed by atoms with Crippen molar-refractivity contribution >= 4 is 12.4 Å². The summed E-state index contributed by atoms with van der Waals surface area (Å²) in [5, 5.41) is 0. The highest BCUT2D eigenvalue weighted by Gasteiger charge is 2.43. The quantitative estimate of drug-likeness (QED) is 0.898. The second kappa shape index (κ2) is 5.74. The van der Waals surface area contributed by atoms with Crippen molar-refractivity contribution in [2.45, 2.75) is 44.4 Å². The largest absolute Gasteiger partial charge is 0.586 e. The minimum absolute atomic E-state index is 0. The predicted octanol–water partition coefficient (Wildman–Crippen LogP) is 4.01. The molecule has 1 aromatic carbocycles. The zero-order valence-electron chi connectivity index (χ0n) is 11.0. The first-order valence-corrected chi connectivity index (χ1v) is 6.70. The van der Waals surface area contributed by atoms with E-state index in [9.17, 15) is 8.78 Å². The summed E-state index contributed by atoms with van der Waals surface area (Å²) in [7, 11) is 0. The van der Waals surface area contributed by atoms with Crippen LogP contribution in [0.2, 0.25) is 0 Å². The lowest BCUT2D eigenvalue weighted by atomic mass is 9.81. The molecule has 1 atom stereocenters. The van der Waals surface area contributed by atoms with E-state index in [1.807, 2.05) is 0 Å². The Balaban J connectivity index is 0.00000147. The van der Waals surface area contributed by atoms with Crippen molar-refractivity contribution < 1.29 is 18.3 Å². The summed E-state index contributed by atoms with van der Waals surface area (Å²) >= 11 is 0. The van der Waals surface area contributed by atoms with Crippen molar-refractivity contribution in [2.24, 2.45) is 11.7 Å². The molecule has 20 heavy (non-hydrogen) atoms. The number of benzene rings is 1. The van der Waals surface area contributed by atoms with Gasteiger partial charge in [0.05, 0.1) is 0 Å². The number of hydrogen-bond donors (Lipinski definition) is 1. The first kappa shape index (κ1) is 15.3. The first-order chi connectivity index (χ1) is 9.05. The van der Waals surface area contributed by atoms with Crippen LogP contribution < -0.4 is 15.2 Å². The third-order valence-corrected chi connectivity index (χ3v) is 3.97. The average molecular weight is 306 g/mol. The van der Waals surface area contributed by atoms with Gasteiger partial charge in [-0.1, -0.05) is 25.3 Å². The SMILES string of the molecule is Cl.N[C@@H](c1ccc2c(c1)OC(F)(F)O2)C1CCCCC1. The lowest BCUT2D eigenvalue weighted by Gasteiger charge is -2.27. The smallest absolute Gasteiger partial charge is 0.395 e. The van der Waals surface area contributed by atoms with E-state index in [2.05, 4.69) is 9.47 Å². The van der Waals surface area contributed by atoms with E-state index in [4.69, 9.17) is 5.73 Å². The van der Waals surface area contributed by atoms with Crippen LogP contribution in [0, 0.1) is 5.92 Å². The maximum absolute atomic E-state index is 12.9. The van der Waals surface area contributed by atoms with E-state index in [-0.39, 0.29) is 29.9 Å². The molecule has 2 aliphatic rings. The third kappa shape index (κ3) is 2.99. The van der Waals surface area contributed by atoms with Crippen LogP contribution in [0.15, 0.2) is 18.2 Å². The van der Waals surface area contributed by atoms with Crippen LogP contribution in [0.1, 0.15) is 43.7 Å². The van der Waals surface area contributed by atoms with Crippen LogP contribution in [0.25, 0.3) is 0 Å². The molecule has 0 saturated heterocycles. The van der Waals surface area contributed by atoms with Gasteiger partial charge in [-0.2, -0.15) is 0 Å². The molecule has 1 fully saturated rings. The fourth-order valence-corrected chi connectivity index (χ4v) is 2.94. The Morgan fingerprint density at radius 2 is 1.75 bits per heavy atom. The molecule has 112 valence electrons. The molecular weight excluding hydrogens is 288 g/mol. The monoisotopic (exact) mass is 305 g/mol. The van der Waals surface area contributed by atoms with Gasteiger partial charge in [0.25, 0.3) is 0 Å². The lowest BCUT2D eigenvalue weighted by Crippen LogP contribution is -2.26. The molecule has 1 aliphatic heterocycles. The van der Waals surface area contributed by atoms with E-state index in [0.717, 1.165) is 18.4 Å². The maximum Gasteiger partial charge on any atom is 0.586 e. The van der Waals surface area contributed by atoms with Crippen molar-refractivity contribution in [3.63, 3.8) is 0 Å². The average Bonchev–Trinajstić information content (AvgIpc) is 2.71. The van der Waals surface area contributed by atoms with E-state index < -0.39 is 6.29 Å². The third-order valence-electron chi connectivity index (χ3n) is 3.97. The van der Waals surface area contributed by atoms with Gasteiger partial charge in [0.15, 0.2) is 11.5 Å². The molecule has 1 aliphatic carbocycles. The Morgan fingerprint density at radius 3 is 2.45 bits per heavy atom. The lowest BCUT2D eigenvalue weighted by molar-refractivity contribution is -0.286. The van der Waals surface area contributed by atoms with Crippen molar-refractivity contribution in [2.75, 3.05) is 0 Å². The standard InChI is InChI=1S/C14H17F2NO2.ClH/c15-14(16)18-11-7-6-10(8-12(11)19-14)13(17)9-4-2-1-3-5-9;/h6-9,13H,1-5,17H2;1H/t13-;/m1./s1. The summed E-state index contributed by atoms with van der Waals surface area (Å²) in [5.41, 5.74) is 7.09. The molecule has 2 N–H and O–H groups in total. The minimum Gasteiger partial charge on any atom is -0.395 e. The van der Waals surface area contributed by atoms with Crippen LogP contribution in [0.3, 0.4) is 0 Å². The molecule has 0 amide bonds. The molecule has 3 nitrogen and oxygen atoms in total. The molecule has 3 rings (SSSR count). The van der Waals surface area contributed by atoms with Crippen LogP contribution in [-0.4, -0.2) is 6.29 Å². The van der Waals surface area contributed by atoms with Crippen molar-refractivity contribution in [3.05, 3.63) is 23.8 Å². The number of nitrogens with two attached hydrogens (primary N) is 1. The van der Waals surface area contributed by atoms with Gasteiger partial charge in [0.2, 0.25) is 0 Å². The topological polar surface area (TPSA) is 44.5 Å². The van der Waals surface area contributed by atoms with Gasteiger partial charge >= 0.3 is 6.29 Å². The maximum atomic E-state index is 12.9. The van der Waals surface area contributed by atoms with Crippen molar-refractivity contribution in [3.8, 4) is 11.5 Å². The molecule has 1 saturated carbocycles. The first-order valence-electron chi connectivity index (χ1n) is 6.70. The van der Waals surface area contributed by atoms with Gasteiger partial charge in [0.1, 0.15) is 0 Å². The van der Waals surface area contributed by atoms with Crippen molar-refractivity contribution in [1.82, 2.24) is 0 Å². The van der Waals surface area contributed by atoms with Gasteiger partial charge in [-0.3, -0.25) is 0 Å². The Morgan fingerprint density at radius 1 is 1.10 bits per heavy atom. The fourth-order valence-electron chi connectivity index (χ4n) is 2.94. The molecule has 0 aromatic heterocycles. The highest BCUT2D eigenvalue weighted by molar-refractivity contribution is 5.85. The zero-order chi connectivity index (χ0) is 13.5. The number of alkyl halides is 2. The van der Waals surface area contributed by atoms with Gasteiger partial charge in [-0.15, -0.1) is 21.2 Å². The Kier molecular flexibility index (Phi) is 4.39. The van der Waals surface area contributed by atoms with Crippen LogP contribution in [0.4, 0.5) is 8.78 Å². The summed E-state index contributed by atoms with van der Waals surface area (Å²) < 4.78 is 34.7. The van der Waals surface area contributed by atoms with Gasteiger partial charge in [-0.25, -0.2) is 0 Å². The van der Waals surface area contributed by atoms with E-state index in [0.29, 0.717) is 5.92 Å². The molecule has 1 aromatic rings. The van der Waals surface area contributed by atoms with Gasteiger partial charge in [-0.05, 0) is 36.5 Å². The van der Waals surface area contributed by atoms with E-state index >= 15 is 0 Å². The number of fused-ring (bicyclic) bond motifs is 1. The molecule has 1 heterocycles. The molecule has 6 heteroatoms. The van der Waals surface area contributed by atoms with E-state index in [1.165, 1.54) is 25.3 Å². The number of halogens is 3. The van der Waals surface area contributed by atoms with Crippen LogP contribution in [0.5, 0.6) is 11.5 Å². The Hall–Kier alpha value is -1.07. The van der Waals surface area contributed by atoms with E-state index in [1.54, 1.807) is 12.1 Å². The number of hydrogen-bond acceptors (Lipinski definition) is 3. The van der Waals surface area contributed by atoms with Crippen LogP contribution >= 0.6 is 12.4 Å². The molecule has 0 bridgehead atoms. The van der Waals surface area contributed by atoms with Crippen molar-refractivity contribution in [1.29, 1.82) is 0 Å². The zero-order valence-corrected chi connectivity index (χ0v) is 11.8. The summed E-state index contributed by atoms with van der Waals surface area (Å²) in [5.74, 6) is 0.577. The predicted molar refractivity (Wildman–Crippen MR) is 73.4 cm³/mol. The summed E-state index contributed by atoms with van der Waals surface area (Å²) in [6.45, 7) is 0. The van der Waals surface area contributed by atoms with Gasteiger partial charge in [0, 0.05) is 6.04 Å². The fraction of sp³-hybridized carbons (Fsp3) is 0.571. The molecular formula is C14H18ClF2NO2. The second-order valence-electron chi connectivity index (χ2n) is 5.30. The number of ether oxygens (including phenoxy) is 2. The number of rotatable bonds is 2. The molecule has 0 spiro atoms. The highest BCUT2D eigenvalue weighted by atomic mass is 35.5. The Labute approximate surface area is 122 Å². The summed E-state index contributed by atoms with van der Waals surface area (Å²) in [4.78, 5) is 0. The highest BCUT2D eigenvalue weighted by Crippen LogP contribution is 2.43. The minimum atomic E-state index is -3.56. The van der Waals surface area contributed by atoms with Crippen LogP contribution in [-0.2, 0) is 0 Å². The normalized spacial score (nSPS) is 22.1. The summed E-state index contributed by atoms with van der Waals surface area (Å²) in [6, 6.07) is 4.72. The second-order valence-corrected chi connectivity index (χ2v) is 5.30. The Bertz CT molecular complexity index is 478.